The topological polar surface area (TPSA) is 49.3 Å². The lowest BCUT2D eigenvalue weighted by molar-refractivity contribution is 0.0696. The molecule has 2 N–H and O–H groups in total. The second-order valence-electron chi connectivity index (χ2n) is 5.07. The summed E-state index contributed by atoms with van der Waals surface area (Å²) in [6.45, 7) is 0.481. The van der Waals surface area contributed by atoms with Gasteiger partial charge in [-0.1, -0.05) is 12.8 Å². The Morgan fingerprint density at radius 3 is 2.35 bits per heavy atom. The van der Waals surface area contributed by atoms with E-state index < -0.39 is 17.6 Å². The summed E-state index contributed by atoms with van der Waals surface area (Å²) in [6.07, 6.45) is 6.32. The van der Waals surface area contributed by atoms with Crippen molar-refractivity contribution < 1.29 is 18.7 Å². The van der Waals surface area contributed by atoms with Gasteiger partial charge in [-0.3, -0.25) is 0 Å². The van der Waals surface area contributed by atoms with Crippen LogP contribution < -0.4 is 5.32 Å². The van der Waals surface area contributed by atoms with Crippen LogP contribution in [-0.4, -0.2) is 28.6 Å². The number of rotatable bonds is 5. The summed E-state index contributed by atoms with van der Waals surface area (Å²) in [5.74, 6) is -3.07. The van der Waals surface area contributed by atoms with Gasteiger partial charge in [-0.2, -0.15) is 11.8 Å². The molecule has 20 heavy (non-hydrogen) atoms. The molecule has 1 saturated carbocycles. The third-order valence-corrected chi connectivity index (χ3v) is 5.24. The van der Waals surface area contributed by atoms with E-state index in [4.69, 9.17) is 5.11 Å². The Bertz CT molecular complexity index is 493. The van der Waals surface area contributed by atoms with E-state index in [0.29, 0.717) is 6.54 Å². The molecule has 0 aliphatic heterocycles. The first kappa shape index (κ1) is 15.1. The molecule has 0 radical (unpaired) electrons. The van der Waals surface area contributed by atoms with Crippen LogP contribution >= 0.6 is 11.8 Å². The van der Waals surface area contributed by atoms with Crippen LogP contribution in [0.15, 0.2) is 12.1 Å². The van der Waals surface area contributed by atoms with Gasteiger partial charge in [-0.15, -0.1) is 0 Å². The van der Waals surface area contributed by atoms with Crippen molar-refractivity contribution in [1.82, 2.24) is 0 Å². The molecule has 0 amide bonds. The van der Waals surface area contributed by atoms with Gasteiger partial charge in [0, 0.05) is 11.3 Å². The lowest BCUT2D eigenvalue weighted by Gasteiger charge is -2.27. The number of carbonyl (C=O) groups is 1. The number of hydrogen-bond acceptors (Lipinski definition) is 3. The van der Waals surface area contributed by atoms with Crippen molar-refractivity contribution in [1.29, 1.82) is 0 Å². The van der Waals surface area contributed by atoms with E-state index >= 15 is 0 Å². The number of aromatic carboxylic acids is 1. The number of halogens is 2. The average molecular weight is 301 g/mol. The second-order valence-corrected chi connectivity index (χ2v) is 6.34. The molecule has 6 heteroatoms. The molecular formula is C14H17F2NO2S. The Morgan fingerprint density at radius 2 is 1.90 bits per heavy atom. The molecule has 0 aromatic heterocycles. The number of benzene rings is 1. The predicted molar refractivity (Wildman–Crippen MR) is 76.5 cm³/mol. The van der Waals surface area contributed by atoms with E-state index in [-0.39, 0.29) is 16.0 Å². The van der Waals surface area contributed by atoms with Gasteiger partial charge in [0.25, 0.3) is 0 Å². The third-order valence-electron chi connectivity index (χ3n) is 3.82. The molecule has 0 unspecified atom stereocenters. The Kier molecular flexibility index (Phi) is 4.52. The minimum atomic E-state index is -1.34. The predicted octanol–water partition coefficient (Wildman–Crippen LogP) is 3.75. The first-order valence-corrected chi connectivity index (χ1v) is 7.71. The van der Waals surface area contributed by atoms with Crippen molar-refractivity contribution in [3.8, 4) is 0 Å². The van der Waals surface area contributed by atoms with E-state index in [1.54, 1.807) is 11.8 Å². The first-order valence-electron chi connectivity index (χ1n) is 6.49. The lowest BCUT2D eigenvalue weighted by atomic mass is 10.1. The molecule has 0 spiro atoms. The van der Waals surface area contributed by atoms with Gasteiger partial charge in [0.1, 0.15) is 17.3 Å². The zero-order chi connectivity index (χ0) is 14.8. The van der Waals surface area contributed by atoms with E-state index in [9.17, 15) is 13.6 Å². The third kappa shape index (κ3) is 3.06. The van der Waals surface area contributed by atoms with Crippen LogP contribution in [0.3, 0.4) is 0 Å². The van der Waals surface area contributed by atoms with E-state index in [1.807, 2.05) is 6.26 Å². The SMILES string of the molecule is CSC1(CNc2c(F)cc(C(=O)O)cc2F)CCCC1. The minimum absolute atomic E-state index is 0.0182. The Balaban J connectivity index is 2.15. The molecule has 2 rings (SSSR count). The van der Waals surface area contributed by atoms with Crippen molar-refractivity contribution in [2.75, 3.05) is 18.1 Å². The molecule has 1 aliphatic rings. The highest BCUT2D eigenvalue weighted by molar-refractivity contribution is 8.00. The number of nitrogens with one attached hydrogen (secondary N) is 1. The van der Waals surface area contributed by atoms with E-state index in [0.717, 1.165) is 37.8 Å². The monoisotopic (exact) mass is 301 g/mol. The fourth-order valence-electron chi connectivity index (χ4n) is 2.59. The number of hydrogen-bond donors (Lipinski definition) is 2. The van der Waals surface area contributed by atoms with Gasteiger partial charge in [-0.05, 0) is 31.2 Å². The van der Waals surface area contributed by atoms with Crippen LogP contribution in [0.25, 0.3) is 0 Å². The zero-order valence-electron chi connectivity index (χ0n) is 11.2. The van der Waals surface area contributed by atoms with Crippen molar-refractivity contribution in [3.05, 3.63) is 29.3 Å². The summed E-state index contributed by atoms with van der Waals surface area (Å²) < 4.78 is 27.6. The normalized spacial score (nSPS) is 17.1. The molecule has 1 fully saturated rings. The standard InChI is InChI=1S/C14H17F2NO2S/c1-20-14(4-2-3-5-14)8-17-12-10(15)6-9(13(18)19)7-11(12)16/h6-7,17H,2-5,8H2,1H3,(H,18,19). The maximum absolute atomic E-state index is 13.8. The first-order chi connectivity index (χ1) is 9.47. The highest BCUT2D eigenvalue weighted by atomic mass is 32.2. The van der Waals surface area contributed by atoms with E-state index in [2.05, 4.69) is 5.32 Å². The molecule has 3 nitrogen and oxygen atoms in total. The van der Waals surface area contributed by atoms with Gasteiger partial charge in [-0.25, -0.2) is 13.6 Å². The molecule has 1 aromatic carbocycles. The Morgan fingerprint density at radius 1 is 1.35 bits per heavy atom. The average Bonchev–Trinajstić information content (AvgIpc) is 2.87. The molecule has 0 atom stereocenters. The van der Waals surface area contributed by atoms with Gasteiger partial charge < -0.3 is 10.4 Å². The number of carboxylic acid groups (broad SMARTS) is 1. The highest BCUT2D eigenvalue weighted by Gasteiger charge is 2.33. The molecule has 0 saturated heterocycles. The smallest absolute Gasteiger partial charge is 0.335 e. The summed E-state index contributed by atoms with van der Waals surface area (Å²) in [4.78, 5) is 10.7. The fraction of sp³-hybridized carbons (Fsp3) is 0.500. The molecule has 1 aliphatic carbocycles. The quantitative estimate of drug-likeness (QED) is 0.869. The van der Waals surface area contributed by atoms with Crippen molar-refractivity contribution in [3.63, 3.8) is 0 Å². The Labute approximate surface area is 120 Å². The van der Waals surface area contributed by atoms with Crippen LogP contribution in [0.2, 0.25) is 0 Å². The van der Waals surface area contributed by atoms with Crippen LogP contribution in [0, 0.1) is 11.6 Å². The number of thioether (sulfide) groups is 1. The fourth-order valence-corrected chi connectivity index (χ4v) is 3.50. The van der Waals surface area contributed by atoms with Crippen molar-refractivity contribution >= 4 is 23.4 Å². The second kappa shape index (κ2) is 5.99. The van der Waals surface area contributed by atoms with Gasteiger partial charge in [0.2, 0.25) is 0 Å². The van der Waals surface area contributed by atoms with Crippen molar-refractivity contribution in [2.24, 2.45) is 0 Å². The van der Waals surface area contributed by atoms with Gasteiger partial charge in [0.15, 0.2) is 0 Å². The summed E-state index contributed by atoms with van der Waals surface area (Å²) >= 11 is 1.72. The van der Waals surface area contributed by atoms with Gasteiger partial charge >= 0.3 is 5.97 Å². The van der Waals surface area contributed by atoms with Gasteiger partial charge in [0.05, 0.1) is 5.56 Å². The molecule has 110 valence electrons. The van der Waals surface area contributed by atoms with E-state index in [1.165, 1.54) is 0 Å². The van der Waals surface area contributed by atoms with Crippen molar-refractivity contribution in [2.45, 2.75) is 30.4 Å². The largest absolute Gasteiger partial charge is 0.478 e. The maximum atomic E-state index is 13.8. The number of anilines is 1. The Hall–Kier alpha value is -1.30. The minimum Gasteiger partial charge on any atom is -0.478 e. The molecular weight excluding hydrogens is 284 g/mol. The molecule has 0 bridgehead atoms. The van der Waals surface area contributed by atoms with Crippen LogP contribution in [-0.2, 0) is 0 Å². The lowest BCUT2D eigenvalue weighted by Crippen LogP contribution is -2.30. The maximum Gasteiger partial charge on any atom is 0.335 e. The van der Waals surface area contributed by atoms with Crippen LogP contribution in [0.5, 0.6) is 0 Å². The summed E-state index contributed by atoms with van der Waals surface area (Å²) in [5.41, 5.74) is -0.624. The molecule has 0 heterocycles. The number of carboxylic acids is 1. The molecule has 1 aromatic rings. The zero-order valence-corrected chi connectivity index (χ0v) is 12.0. The van der Waals surface area contributed by atoms with Crippen LogP contribution in [0.1, 0.15) is 36.0 Å². The summed E-state index contributed by atoms with van der Waals surface area (Å²) in [7, 11) is 0. The summed E-state index contributed by atoms with van der Waals surface area (Å²) in [5, 5.41) is 11.6. The summed E-state index contributed by atoms with van der Waals surface area (Å²) in [6, 6.07) is 1.68. The highest BCUT2D eigenvalue weighted by Crippen LogP contribution is 2.40. The van der Waals surface area contributed by atoms with Crippen LogP contribution in [0.4, 0.5) is 14.5 Å².